The molecule has 0 spiro atoms. The van der Waals surface area contributed by atoms with Crippen molar-refractivity contribution in [1.29, 1.82) is 0 Å². The van der Waals surface area contributed by atoms with Crippen LogP contribution in [0, 0.1) is 11.8 Å². The van der Waals surface area contributed by atoms with E-state index in [9.17, 15) is 18.0 Å². The fourth-order valence-corrected chi connectivity index (χ4v) is 5.46. The van der Waals surface area contributed by atoms with Crippen LogP contribution in [0.1, 0.15) is 39.0 Å². The van der Waals surface area contributed by atoms with Gasteiger partial charge in [-0.3, -0.25) is 9.59 Å². The molecule has 0 atom stereocenters. The Morgan fingerprint density at radius 3 is 2.26 bits per heavy atom. The Kier molecular flexibility index (Phi) is 9.68. The molecular weight excluding hydrogens is 464 g/mol. The highest BCUT2D eigenvalue weighted by atomic mass is 32.2. The van der Waals surface area contributed by atoms with E-state index in [2.05, 4.69) is 32.4 Å². The summed E-state index contributed by atoms with van der Waals surface area (Å²) in [5, 5.41) is 5.68. The van der Waals surface area contributed by atoms with Gasteiger partial charge >= 0.3 is 0 Å². The molecule has 0 saturated heterocycles. The summed E-state index contributed by atoms with van der Waals surface area (Å²) in [4.78, 5) is 26.0. The molecule has 3 N–H and O–H groups in total. The lowest BCUT2D eigenvalue weighted by Crippen LogP contribution is -2.37. The Morgan fingerprint density at radius 2 is 1.63 bits per heavy atom. The number of carbonyl (C=O) groups is 2. The number of anilines is 2. The Balaban J connectivity index is 1.34. The van der Waals surface area contributed by atoms with Crippen molar-refractivity contribution >= 4 is 33.2 Å². The highest BCUT2D eigenvalue weighted by Crippen LogP contribution is 2.29. The largest absolute Gasteiger partial charge is 0.375 e. The third-order valence-corrected chi connectivity index (χ3v) is 7.87. The molecule has 0 radical (unpaired) electrons. The summed E-state index contributed by atoms with van der Waals surface area (Å²) in [5.41, 5.74) is 1.71. The van der Waals surface area contributed by atoms with E-state index in [-0.39, 0.29) is 28.5 Å². The molecule has 0 heterocycles. The summed E-state index contributed by atoms with van der Waals surface area (Å²) < 4.78 is 27.9. The Bertz CT molecular complexity index is 1070. The second kappa shape index (κ2) is 12.7. The number of hydrogen-bond donors (Lipinski definition) is 3. The van der Waals surface area contributed by atoms with Crippen LogP contribution >= 0.6 is 0 Å². The molecule has 2 aromatic carbocycles. The maximum atomic E-state index is 12.6. The zero-order valence-corrected chi connectivity index (χ0v) is 21.3. The van der Waals surface area contributed by atoms with E-state index in [1.807, 2.05) is 25.2 Å². The lowest BCUT2D eigenvalue weighted by molar-refractivity contribution is -0.126. The molecule has 1 aliphatic rings. The summed E-state index contributed by atoms with van der Waals surface area (Å²) >= 11 is 0. The van der Waals surface area contributed by atoms with E-state index >= 15 is 0 Å². The van der Waals surface area contributed by atoms with Crippen molar-refractivity contribution in [2.24, 2.45) is 11.8 Å². The minimum atomic E-state index is -3.62. The van der Waals surface area contributed by atoms with E-state index in [4.69, 9.17) is 0 Å². The van der Waals surface area contributed by atoms with Gasteiger partial charge in [0, 0.05) is 50.9 Å². The first kappa shape index (κ1) is 26.7. The Hall–Kier alpha value is -2.91. The van der Waals surface area contributed by atoms with E-state index in [0.29, 0.717) is 18.8 Å². The zero-order valence-electron chi connectivity index (χ0n) is 20.5. The van der Waals surface area contributed by atoms with Crippen LogP contribution in [-0.2, 0) is 19.6 Å². The standard InChI is InChI=1S/C26H36N4O4S/c1-20(31)29-23-13-15-25(16-14-23)35(33,34)28-19-21-9-11-22(12-10-21)26(32)27-17-6-18-30(2)24-7-4-3-5-8-24/h3-5,7-8,13-16,21-22,28H,6,9-12,17-19H2,1-2H3,(H,27,32)(H,29,31). The van der Waals surface area contributed by atoms with Crippen molar-refractivity contribution in [3.63, 3.8) is 0 Å². The first-order valence-corrected chi connectivity index (χ1v) is 13.6. The fraction of sp³-hybridized carbons (Fsp3) is 0.462. The predicted octanol–water partition coefficient (Wildman–Crippen LogP) is 3.37. The first-order chi connectivity index (χ1) is 16.7. The summed E-state index contributed by atoms with van der Waals surface area (Å²) in [5.74, 6) is 0.104. The van der Waals surface area contributed by atoms with Crippen LogP contribution in [0.15, 0.2) is 59.5 Å². The SMILES string of the molecule is CC(=O)Nc1ccc(S(=O)(=O)NCC2CCC(C(=O)NCCCN(C)c3ccccc3)CC2)cc1. The number of amides is 2. The second-order valence-electron chi connectivity index (χ2n) is 9.18. The predicted molar refractivity (Wildman–Crippen MR) is 139 cm³/mol. The van der Waals surface area contributed by atoms with Crippen LogP contribution in [0.4, 0.5) is 11.4 Å². The number of benzene rings is 2. The fourth-order valence-electron chi connectivity index (χ4n) is 4.34. The molecule has 2 amide bonds. The molecule has 2 aromatic rings. The molecule has 1 saturated carbocycles. The number of nitrogens with one attached hydrogen (secondary N) is 3. The van der Waals surface area contributed by atoms with Crippen LogP contribution in [-0.4, -0.2) is 46.9 Å². The highest BCUT2D eigenvalue weighted by molar-refractivity contribution is 7.89. The average molecular weight is 501 g/mol. The van der Waals surface area contributed by atoms with E-state index in [1.54, 1.807) is 12.1 Å². The average Bonchev–Trinajstić information content (AvgIpc) is 2.86. The van der Waals surface area contributed by atoms with E-state index in [1.165, 1.54) is 19.1 Å². The van der Waals surface area contributed by atoms with Gasteiger partial charge in [0.05, 0.1) is 4.90 Å². The van der Waals surface area contributed by atoms with Crippen molar-refractivity contribution in [2.45, 2.75) is 43.9 Å². The molecule has 0 aromatic heterocycles. The van der Waals surface area contributed by atoms with Gasteiger partial charge in [-0.05, 0) is 74.4 Å². The highest BCUT2D eigenvalue weighted by Gasteiger charge is 2.27. The van der Waals surface area contributed by atoms with Gasteiger partial charge < -0.3 is 15.5 Å². The van der Waals surface area contributed by atoms with Gasteiger partial charge in [-0.25, -0.2) is 13.1 Å². The van der Waals surface area contributed by atoms with Gasteiger partial charge in [-0.15, -0.1) is 0 Å². The number of hydrogen-bond acceptors (Lipinski definition) is 5. The molecule has 1 fully saturated rings. The third kappa shape index (κ3) is 8.36. The van der Waals surface area contributed by atoms with Gasteiger partial charge in [-0.2, -0.15) is 0 Å². The van der Waals surface area contributed by atoms with Gasteiger partial charge in [-0.1, -0.05) is 18.2 Å². The van der Waals surface area contributed by atoms with Crippen LogP contribution in [0.5, 0.6) is 0 Å². The van der Waals surface area contributed by atoms with Gasteiger partial charge in [0.15, 0.2) is 0 Å². The van der Waals surface area contributed by atoms with Crippen molar-refractivity contribution in [3.05, 3.63) is 54.6 Å². The molecule has 0 aliphatic heterocycles. The Labute approximate surface area is 208 Å². The topological polar surface area (TPSA) is 108 Å². The minimum Gasteiger partial charge on any atom is -0.375 e. The monoisotopic (exact) mass is 500 g/mol. The summed E-state index contributed by atoms with van der Waals surface area (Å²) in [6, 6.07) is 16.3. The van der Waals surface area contributed by atoms with Gasteiger partial charge in [0.2, 0.25) is 21.8 Å². The maximum Gasteiger partial charge on any atom is 0.240 e. The number of carbonyl (C=O) groups excluding carboxylic acids is 2. The molecular formula is C26H36N4O4S. The molecule has 0 bridgehead atoms. The Morgan fingerprint density at radius 1 is 0.971 bits per heavy atom. The zero-order chi connectivity index (χ0) is 25.3. The lowest BCUT2D eigenvalue weighted by atomic mass is 9.81. The number of sulfonamides is 1. The van der Waals surface area contributed by atoms with Crippen LogP contribution in [0.3, 0.4) is 0 Å². The lowest BCUT2D eigenvalue weighted by Gasteiger charge is -2.28. The molecule has 8 nitrogen and oxygen atoms in total. The molecule has 1 aliphatic carbocycles. The van der Waals surface area contributed by atoms with Crippen molar-refractivity contribution in [2.75, 3.05) is 36.9 Å². The van der Waals surface area contributed by atoms with E-state index in [0.717, 1.165) is 44.3 Å². The summed E-state index contributed by atoms with van der Waals surface area (Å²) in [6.45, 7) is 3.27. The van der Waals surface area contributed by atoms with Crippen molar-refractivity contribution in [1.82, 2.24) is 10.0 Å². The first-order valence-electron chi connectivity index (χ1n) is 12.2. The summed E-state index contributed by atoms with van der Waals surface area (Å²) in [7, 11) is -1.57. The molecule has 0 unspecified atom stereocenters. The van der Waals surface area contributed by atoms with Crippen LogP contribution < -0.4 is 20.3 Å². The van der Waals surface area contributed by atoms with E-state index < -0.39 is 10.0 Å². The van der Waals surface area contributed by atoms with Crippen molar-refractivity contribution < 1.29 is 18.0 Å². The minimum absolute atomic E-state index is 0.00368. The van der Waals surface area contributed by atoms with Crippen LogP contribution in [0.25, 0.3) is 0 Å². The quantitative estimate of drug-likeness (QED) is 0.410. The smallest absolute Gasteiger partial charge is 0.240 e. The number of rotatable bonds is 11. The van der Waals surface area contributed by atoms with Crippen molar-refractivity contribution in [3.8, 4) is 0 Å². The van der Waals surface area contributed by atoms with Gasteiger partial charge in [0.25, 0.3) is 0 Å². The third-order valence-electron chi connectivity index (χ3n) is 6.43. The molecule has 35 heavy (non-hydrogen) atoms. The molecule has 3 rings (SSSR count). The van der Waals surface area contributed by atoms with Crippen LogP contribution in [0.2, 0.25) is 0 Å². The number of nitrogens with zero attached hydrogens (tertiary/aromatic N) is 1. The summed E-state index contributed by atoms with van der Waals surface area (Å²) in [6.07, 6.45) is 4.05. The number of para-hydroxylation sites is 1. The molecule has 190 valence electrons. The molecule has 9 heteroatoms. The second-order valence-corrected chi connectivity index (χ2v) is 10.9. The van der Waals surface area contributed by atoms with Gasteiger partial charge in [0.1, 0.15) is 0 Å². The normalized spacial score (nSPS) is 18.0. The maximum absolute atomic E-state index is 12.6.